The fourth-order valence-corrected chi connectivity index (χ4v) is 2.68. The predicted octanol–water partition coefficient (Wildman–Crippen LogP) is 2.56. The molecule has 0 aliphatic carbocycles. The van der Waals surface area contributed by atoms with Gasteiger partial charge in [0.05, 0.1) is 7.11 Å². The Morgan fingerprint density at radius 2 is 2.00 bits per heavy atom. The quantitative estimate of drug-likeness (QED) is 0.815. The molecule has 3 heteroatoms. The molecule has 0 spiro atoms. The number of benzene rings is 1. The monoisotopic (exact) mass is 250 g/mol. The van der Waals surface area contributed by atoms with Crippen LogP contribution >= 0.6 is 0 Å². The van der Waals surface area contributed by atoms with Gasteiger partial charge in [0.25, 0.3) is 0 Å². The molecular formula is C15H26N2O. The molecular weight excluding hydrogens is 224 g/mol. The number of methoxy groups -OCH3 is 1. The summed E-state index contributed by atoms with van der Waals surface area (Å²) < 4.78 is 5.57. The third-order valence-electron chi connectivity index (χ3n) is 3.60. The van der Waals surface area contributed by atoms with Crippen molar-refractivity contribution in [3.05, 3.63) is 28.8 Å². The molecule has 102 valence electrons. The molecule has 1 aromatic rings. The first-order valence-corrected chi connectivity index (χ1v) is 6.61. The molecule has 0 saturated heterocycles. The van der Waals surface area contributed by atoms with Gasteiger partial charge in [-0.1, -0.05) is 31.0 Å². The molecule has 1 aromatic carbocycles. The molecule has 1 rings (SSSR count). The summed E-state index contributed by atoms with van der Waals surface area (Å²) in [6.45, 7) is 7.06. The highest BCUT2D eigenvalue weighted by molar-refractivity contribution is 5.45. The van der Waals surface area contributed by atoms with Gasteiger partial charge in [-0.05, 0) is 38.9 Å². The Morgan fingerprint density at radius 3 is 2.44 bits per heavy atom. The zero-order valence-electron chi connectivity index (χ0n) is 12.2. The Kier molecular flexibility index (Phi) is 5.63. The number of ether oxygens (including phenoxy) is 1. The lowest BCUT2D eigenvalue weighted by Crippen LogP contribution is -2.30. The highest BCUT2D eigenvalue weighted by Crippen LogP contribution is 2.34. The second kappa shape index (κ2) is 6.76. The molecule has 2 atom stereocenters. The molecule has 0 fully saturated rings. The standard InChI is InChI=1S/C15H26N2O/c1-6-12(9-16)14(17-4)13-8-10(2)7-11(3)15(13)18-5/h7-8,12,14,17H,6,9,16H2,1-5H3. The molecule has 0 aliphatic heterocycles. The summed E-state index contributed by atoms with van der Waals surface area (Å²) in [5.74, 6) is 1.40. The molecule has 0 radical (unpaired) electrons. The first kappa shape index (κ1) is 15.0. The summed E-state index contributed by atoms with van der Waals surface area (Å²) in [5.41, 5.74) is 9.54. The number of rotatable bonds is 6. The van der Waals surface area contributed by atoms with Crippen molar-refractivity contribution in [3.63, 3.8) is 0 Å². The van der Waals surface area contributed by atoms with Crippen molar-refractivity contribution in [2.75, 3.05) is 20.7 Å². The summed E-state index contributed by atoms with van der Waals surface area (Å²) >= 11 is 0. The maximum absolute atomic E-state index is 5.88. The van der Waals surface area contributed by atoms with E-state index < -0.39 is 0 Å². The highest BCUT2D eigenvalue weighted by Gasteiger charge is 2.23. The molecule has 0 aliphatic rings. The van der Waals surface area contributed by atoms with E-state index in [9.17, 15) is 0 Å². The maximum atomic E-state index is 5.88. The molecule has 3 nitrogen and oxygen atoms in total. The van der Waals surface area contributed by atoms with Crippen molar-refractivity contribution >= 4 is 0 Å². The minimum Gasteiger partial charge on any atom is -0.496 e. The molecule has 3 N–H and O–H groups in total. The van der Waals surface area contributed by atoms with Crippen LogP contribution in [0.2, 0.25) is 0 Å². The summed E-state index contributed by atoms with van der Waals surface area (Å²) in [5, 5.41) is 3.39. The van der Waals surface area contributed by atoms with E-state index in [1.54, 1.807) is 7.11 Å². The van der Waals surface area contributed by atoms with E-state index >= 15 is 0 Å². The first-order valence-electron chi connectivity index (χ1n) is 6.61. The van der Waals surface area contributed by atoms with E-state index in [4.69, 9.17) is 10.5 Å². The SMILES string of the molecule is CCC(CN)C(NC)c1cc(C)cc(C)c1OC. The van der Waals surface area contributed by atoms with Crippen molar-refractivity contribution in [2.24, 2.45) is 11.7 Å². The minimum absolute atomic E-state index is 0.244. The Hall–Kier alpha value is -1.06. The summed E-state index contributed by atoms with van der Waals surface area (Å²) in [7, 11) is 3.72. The smallest absolute Gasteiger partial charge is 0.126 e. The van der Waals surface area contributed by atoms with Crippen LogP contribution in [0.3, 0.4) is 0 Å². The molecule has 18 heavy (non-hydrogen) atoms. The lowest BCUT2D eigenvalue weighted by Gasteiger charge is -2.27. The molecule has 0 saturated carbocycles. The van der Waals surface area contributed by atoms with E-state index in [1.165, 1.54) is 16.7 Å². The Labute approximate surface area is 111 Å². The van der Waals surface area contributed by atoms with Gasteiger partial charge < -0.3 is 15.8 Å². The van der Waals surface area contributed by atoms with E-state index in [0.29, 0.717) is 12.5 Å². The van der Waals surface area contributed by atoms with Crippen LogP contribution in [0.5, 0.6) is 5.75 Å². The Balaban J connectivity index is 3.27. The van der Waals surface area contributed by atoms with E-state index in [1.807, 2.05) is 7.05 Å². The van der Waals surface area contributed by atoms with Gasteiger partial charge in [-0.2, -0.15) is 0 Å². The van der Waals surface area contributed by atoms with Gasteiger partial charge >= 0.3 is 0 Å². The topological polar surface area (TPSA) is 47.3 Å². The normalized spacial score (nSPS) is 14.3. The second-order valence-corrected chi connectivity index (χ2v) is 4.87. The predicted molar refractivity (Wildman–Crippen MR) is 77.1 cm³/mol. The first-order chi connectivity index (χ1) is 8.58. The minimum atomic E-state index is 0.244. The van der Waals surface area contributed by atoms with Gasteiger partial charge in [-0.3, -0.25) is 0 Å². The van der Waals surface area contributed by atoms with Crippen molar-refractivity contribution in [2.45, 2.75) is 33.2 Å². The number of aryl methyl sites for hydroxylation is 2. The fraction of sp³-hybridized carbons (Fsp3) is 0.600. The summed E-state index contributed by atoms with van der Waals surface area (Å²) in [4.78, 5) is 0. The molecule has 0 amide bonds. The summed E-state index contributed by atoms with van der Waals surface area (Å²) in [6.07, 6.45) is 1.05. The van der Waals surface area contributed by atoms with E-state index in [-0.39, 0.29) is 6.04 Å². The fourth-order valence-electron chi connectivity index (χ4n) is 2.68. The molecule has 2 unspecified atom stereocenters. The van der Waals surface area contributed by atoms with E-state index in [2.05, 4.69) is 38.2 Å². The Bertz CT molecular complexity index is 386. The van der Waals surface area contributed by atoms with Crippen molar-refractivity contribution < 1.29 is 4.74 Å². The summed E-state index contributed by atoms with van der Waals surface area (Å²) in [6, 6.07) is 4.59. The van der Waals surface area contributed by atoms with Gasteiger partial charge in [0.2, 0.25) is 0 Å². The van der Waals surface area contributed by atoms with Crippen LogP contribution in [-0.4, -0.2) is 20.7 Å². The van der Waals surface area contributed by atoms with Gasteiger partial charge in [0.15, 0.2) is 0 Å². The van der Waals surface area contributed by atoms with Crippen LogP contribution in [0.1, 0.15) is 36.1 Å². The second-order valence-electron chi connectivity index (χ2n) is 4.87. The zero-order chi connectivity index (χ0) is 13.7. The van der Waals surface area contributed by atoms with Gasteiger partial charge in [-0.25, -0.2) is 0 Å². The molecule has 0 aromatic heterocycles. The van der Waals surface area contributed by atoms with E-state index in [0.717, 1.165) is 12.2 Å². The van der Waals surface area contributed by atoms with Crippen LogP contribution in [-0.2, 0) is 0 Å². The lowest BCUT2D eigenvalue weighted by molar-refractivity contribution is 0.351. The maximum Gasteiger partial charge on any atom is 0.126 e. The lowest BCUT2D eigenvalue weighted by atomic mass is 9.88. The van der Waals surface area contributed by atoms with Crippen LogP contribution in [0.25, 0.3) is 0 Å². The third-order valence-corrected chi connectivity index (χ3v) is 3.60. The van der Waals surface area contributed by atoms with Gasteiger partial charge in [-0.15, -0.1) is 0 Å². The van der Waals surface area contributed by atoms with Crippen molar-refractivity contribution in [1.82, 2.24) is 5.32 Å². The molecule has 0 bridgehead atoms. The zero-order valence-corrected chi connectivity index (χ0v) is 12.2. The third kappa shape index (κ3) is 3.03. The average molecular weight is 250 g/mol. The number of hydrogen-bond donors (Lipinski definition) is 2. The Morgan fingerprint density at radius 1 is 1.33 bits per heavy atom. The van der Waals surface area contributed by atoms with Crippen LogP contribution in [0.4, 0.5) is 0 Å². The van der Waals surface area contributed by atoms with Crippen LogP contribution in [0, 0.1) is 19.8 Å². The van der Waals surface area contributed by atoms with Crippen LogP contribution < -0.4 is 15.8 Å². The molecule has 0 heterocycles. The van der Waals surface area contributed by atoms with Gasteiger partial charge in [0.1, 0.15) is 5.75 Å². The average Bonchev–Trinajstić information content (AvgIpc) is 2.35. The van der Waals surface area contributed by atoms with Crippen molar-refractivity contribution in [1.29, 1.82) is 0 Å². The number of nitrogens with two attached hydrogens (primary N) is 1. The number of nitrogens with one attached hydrogen (secondary N) is 1. The van der Waals surface area contributed by atoms with Crippen molar-refractivity contribution in [3.8, 4) is 5.75 Å². The number of hydrogen-bond acceptors (Lipinski definition) is 3. The highest BCUT2D eigenvalue weighted by atomic mass is 16.5. The van der Waals surface area contributed by atoms with Crippen LogP contribution in [0.15, 0.2) is 12.1 Å². The van der Waals surface area contributed by atoms with Gasteiger partial charge in [0, 0.05) is 11.6 Å². The largest absolute Gasteiger partial charge is 0.496 e.